The predicted molar refractivity (Wildman–Crippen MR) is 60.8 cm³/mol. The molecular formula is C10H14N2O3S. The standard InChI is InChI=1S/C10H14N2O3S/c1-4-7(10(14)15)12-9(13)8-5(2)11-6(3)16-8/h7H,4H2,1-3H3,(H,12,13)(H,14,15)/t7-/m0/s1. The molecule has 88 valence electrons. The molecule has 0 aromatic carbocycles. The van der Waals surface area contributed by atoms with E-state index in [0.29, 0.717) is 17.0 Å². The maximum absolute atomic E-state index is 11.7. The second kappa shape index (κ2) is 5.07. The summed E-state index contributed by atoms with van der Waals surface area (Å²) in [6.07, 6.45) is 0.359. The highest BCUT2D eigenvalue weighted by Crippen LogP contribution is 2.17. The van der Waals surface area contributed by atoms with Crippen molar-refractivity contribution in [3.8, 4) is 0 Å². The van der Waals surface area contributed by atoms with E-state index in [2.05, 4.69) is 10.3 Å². The third-order valence-electron chi connectivity index (χ3n) is 2.12. The van der Waals surface area contributed by atoms with Crippen LogP contribution >= 0.6 is 11.3 Å². The molecule has 1 amide bonds. The summed E-state index contributed by atoms with van der Waals surface area (Å²) in [4.78, 5) is 27.1. The van der Waals surface area contributed by atoms with Gasteiger partial charge in [-0.15, -0.1) is 11.3 Å². The van der Waals surface area contributed by atoms with Crippen LogP contribution in [-0.4, -0.2) is 28.0 Å². The Morgan fingerprint density at radius 3 is 2.50 bits per heavy atom. The number of hydrogen-bond donors (Lipinski definition) is 2. The van der Waals surface area contributed by atoms with Gasteiger partial charge in [-0.1, -0.05) is 6.92 Å². The zero-order valence-corrected chi connectivity index (χ0v) is 10.2. The summed E-state index contributed by atoms with van der Waals surface area (Å²) in [6, 6.07) is -0.839. The van der Waals surface area contributed by atoms with Crippen LogP contribution in [0.15, 0.2) is 0 Å². The first-order valence-electron chi connectivity index (χ1n) is 4.93. The van der Waals surface area contributed by atoms with Crippen molar-refractivity contribution in [1.82, 2.24) is 10.3 Å². The van der Waals surface area contributed by atoms with Crippen molar-refractivity contribution < 1.29 is 14.7 Å². The predicted octanol–water partition coefficient (Wildman–Crippen LogP) is 1.35. The van der Waals surface area contributed by atoms with Gasteiger partial charge in [0.1, 0.15) is 10.9 Å². The van der Waals surface area contributed by atoms with E-state index in [1.807, 2.05) is 6.92 Å². The molecule has 0 aliphatic carbocycles. The molecule has 0 spiro atoms. The summed E-state index contributed by atoms with van der Waals surface area (Å²) < 4.78 is 0. The van der Waals surface area contributed by atoms with E-state index in [-0.39, 0.29) is 5.91 Å². The highest BCUT2D eigenvalue weighted by molar-refractivity contribution is 7.13. The van der Waals surface area contributed by atoms with Gasteiger partial charge in [0.05, 0.1) is 10.7 Å². The topological polar surface area (TPSA) is 79.3 Å². The molecule has 16 heavy (non-hydrogen) atoms. The molecule has 0 aliphatic heterocycles. The molecule has 1 rings (SSSR count). The minimum absolute atomic E-state index is 0.359. The van der Waals surface area contributed by atoms with Crippen molar-refractivity contribution in [2.75, 3.05) is 0 Å². The summed E-state index contributed by atoms with van der Waals surface area (Å²) in [7, 11) is 0. The number of aryl methyl sites for hydroxylation is 2. The van der Waals surface area contributed by atoms with Gasteiger partial charge in [-0.2, -0.15) is 0 Å². The zero-order chi connectivity index (χ0) is 12.3. The van der Waals surface area contributed by atoms with E-state index in [0.717, 1.165) is 5.01 Å². The average Bonchev–Trinajstić information content (AvgIpc) is 2.53. The van der Waals surface area contributed by atoms with Gasteiger partial charge in [0.25, 0.3) is 5.91 Å². The monoisotopic (exact) mass is 242 g/mol. The van der Waals surface area contributed by atoms with Gasteiger partial charge in [0, 0.05) is 0 Å². The number of thiazole rings is 1. The molecule has 0 saturated carbocycles. The van der Waals surface area contributed by atoms with E-state index >= 15 is 0 Å². The number of hydrogen-bond acceptors (Lipinski definition) is 4. The fourth-order valence-corrected chi connectivity index (χ4v) is 2.13. The van der Waals surface area contributed by atoms with Gasteiger partial charge in [0.15, 0.2) is 0 Å². The molecule has 1 aromatic heterocycles. The average molecular weight is 242 g/mol. The highest BCUT2D eigenvalue weighted by atomic mass is 32.1. The molecule has 0 fully saturated rings. The number of amides is 1. The maximum atomic E-state index is 11.7. The number of rotatable bonds is 4. The Bertz CT molecular complexity index is 414. The number of carbonyl (C=O) groups excluding carboxylic acids is 1. The number of nitrogens with one attached hydrogen (secondary N) is 1. The number of carbonyl (C=O) groups is 2. The maximum Gasteiger partial charge on any atom is 0.326 e. The summed E-state index contributed by atoms with van der Waals surface area (Å²) in [6.45, 7) is 5.26. The summed E-state index contributed by atoms with van der Waals surface area (Å²) in [5.41, 5.74) is 0.639. The van der Waals surface area contributed by atoms with E-state index < -0.39 is 12.0 Å². The second-order valence-electron chi connectivity index (χ2n) is 3.42. The Morgan fingerprint density at radius 2 is 2.12 bits per heavy atom. The zero-order valence-electron chi connectivity index (χ0n) is 9.40. The summed E-state index contributed by atoms with van der Waals surface area (Å²) in [5.74, 6) is -1.38. The molecule has 0 aliphatic rings. The first-order chi connectivity index (χ1) is 7.45. The van der Waals surface area contributed by atoms with E-state index in [1.54, 1.807) is 13.8 Å². The van der Waals surface area contributed by atoms with Crippen molar-refractivity contribution in [2.45, 2.75) is 33.2 Å². The molecule has 0 bridgehead atoms. The number of aliphatic carboxylic acids is 1. The number of carboxylic acids is 1. The van der Waals surface area contributed by atoms with Crippen LogP contribution < -0.4 is 5.32 Å². The van der Waals surface area contributed by atoms with Crippen molar-refractivity contribution >= 4 is 23.2 Å². The fourth-order valence-electron chi connectivity index (χ4n) is 1.30. The Kier molecular flexibility index (Phi) is 4.00. The normalized spacial score (nSPS) is 12.2. The fraction of sp³-hybridized carbons (Fsp3) is 0.500. The van der Waals surface area contributed by atoms with Crippen LogP contribution in [-0.2, 0) is 4.79 Å². The first kappa shape index (κ1) is 12.6. The molecule has 1 atom stereocenters. The Hall–Kier alpha value is -1.43. The van der Waals surface area contributed by atoms with Crippen LogP contribution in [0.25, 0.3) is 0 Å². The summed E-state index contributed by atoms with van der Waals surface area (Å²) >= 11 is 1.27. The van der Waals surface area contributed by atoms with Crippen LogP contribution in [0, 0.1) is 13.8 Å². The van der Waals surface area contributed by atoms with Gasteiger partial charge >= 0.3 is 5.97 Å². The number of nitrogens with zero attached hydrogens (tertiary/aromatic N) is 1. The molecule has 6 heteroatoms. The van der Waals surface area contributed by atoms with Gasteiger partial charge in [-0.05, 0) is 20.3 Å². The lowest BCUT2D eigenvalue weighted by molar-refractivity contribution is -0.139. The Balaban J connectivity index is 2.79. The van der Waals surface area contributed by atoms with E-state index in [4.69, 9.17) is 5.11 Å². The van der Waals surface area contributed by atoms with Crippen molar-refractivity contribution in [1.29, 1.82) is 0 Å². The van der Waals surface area contributed by atoms with Crippen molar-refractivity contribution in [2.24, 2.45) is 0 Å². The lowest BCUT2D eigenvalue weighted by Crippen LogP contribution is -2.40. The number of carboxylic acid groups (broad SMARTS) is 1. The quantitative estimate of drug-likeness (QED) is 0.835. The van der Waals surface area contributed by atoms with Gasteiger partial charge < -0.3 is 10.4 Å². The first-order valence-corrected chi connectivity index (χ1v) is 5.75. The van der Waals surface area contributed by atoms with Crippen molar-refractivity contribution in [3.63, 3.8) is 0 Å². The smallest absolute Gasteiger partial charge is 0.326 e. The van der Waals surface area contributed by atoms with E-state index in [1.165, 1.54) is 11.3 Å². The Labute approximate surface area is 97.5 Å². The molecule has 0 saturated heterocycles. The van der Waals surface area contributed by atoms with Gasteiger partial charge in [-0.3, -0.25) is 4.79 Å². The summed E-state index contributed by atoms with van der Waals surface area (Å²) in [5, 5.41) is 12.1. The largest absolute Gasteiger partial charge is 0.480 e. The minimum atomic E-state index is -1.02. The number of aromatic nitrogens is 1. The van der Waals surface area contributed by atoms with Crippen LogP contribution in [0.4, 0.5) is 0 Å². The molecule has 1 heterocycles. The highest BCUT2D eigenvalue weighted by Gasteiger charge is 2.21. The lowest BCUT2D eigenvalue weighted by atomic mass is 10.2. The third kappa shape index (κ3) is 2.79. The molecular weight excluding hydrogens is 228 g/mol. The van der Waals surface area contributed by atoms with Crippen LogP contribution in [0.1, 0.15) is 33.7 Å². The Morgan fingerprint density at radius 1 is 1.50 bits per heavy atom. The molecule has 1 aromatic rings. The lowest BCUT2D eigenvalue weighted by Gasteiger charge is -2.11. The van der Waals surface area contributed by atoms with E-state index in [9.17, 15) is 9.59 Å². The van der Waals surface area contributed by atoms with Crippen LogP contribution in [0.5, 0.6) is 0 Å². The second-order valence-corrected chi connectivity index (χ2v) is 4.62. The van der Waals surface area contributed by atoms with Crippen LogP contribution in [0.3, 0.4) is 0 Å². The minimum Gasteiger partial charge on any atom is -0.480 e. The molecule has 5 nitrogen and oxygen atoms in total. The molecule has 0 unspecified atom stereocenters. The molecule has 0 radical (unpaired) electrons. The van der Waals surface area contributed by atoms with Gasteiger partial charge in [0.2, 0.25) is 0 Å². The van der Waals surface area contributed by atoms with Crippen LogP contribution in [0.2, 0.25) is 0 Å². The molecule has 2 N–H and O–H groups in total. The SMILES string of the molecule is CC[C@H](NC(=O)c1sc(C)nc1C)C(=O)O. The van der Waals surface area contributed by atoms with Crippen molar-refractivity contribution in [3.05, 3.63) is 15.6 Å². The third-order valence-corrected chi connectivity index (χ3v) is 3.19. The van der Waals surface area contributed by atoms with Gasteiger partial charge in [-0.25, -0.2) is 9.78 Å².